The van der Waals surface area contributed by atoms with Crippen LogP contribution >= 0.6 is 11.8 Å². The molecular formula is C20H20N4O2S. The average Bonchev–Trinajstić information content (AvgIpc) is 3.23. The van der Waals surface area contributed by atoms with Gasteiger partial charge in [0.1, 0.15) is 0 Å². The van der Waals surface area contributed by atoms with E-state index in [4.69, 9.17) is 4.42 Å². The number of aromatic nitrogens is 3. The Hall–Kier alpha value is -2.80. The van der Waals surface area contributed by atoms with Crippen LogP contribution in [-0.4, -0.2) is 26.4 Å². The van der Waals surface area contributed by atoms with Crippen molar-refractivity contribution >= 4 is 23.4 Å². The Morgan fingerprint density at radius 3 is 2.78 bits per heavy atom. The Labute approximate surface area is 161 Å². The number of hydrogen-bond donors (Lipinski definition) is 1. The standard InChI is InChI=1S/C20H20N4O2S/c1-2-11-24-19(17-4-3-12-26-17)22-23-20(24)27-13-18(25)21-16-9-7-15(8-10-16)14-5-6-14/h2-4,7-10,12,14H,1,5-6,11,13H2,(H,21,25). The first kappa shape index (κ1) is 17.6. The number of amides is 1. The Morgan fingerprint density at radius 1 is 1.30 bits per heavy atom. The fraction of sp³-hybridized carbons (Fsp3) is 0.250. The van der Waals surface area contributed by atoms with E-state index in [-0.39, 0.29) is 11.7 Å². The van der Waals surface area contributed by atoms with E-state index < -0.39 is 0 Å². The number of carbonyl (C=O) groups excluding carboxylic acids is 1. The predicted octanol–water partition coefficient (Wildman–Crippen LogP) is 4.33. The van der Waals surface area contributed by atoms with Crippen LogP contribution in [0, 0.1) is 0 Å². The lowest BCUT2D eigenvalue weighted by atomic mass is 10.1. The van der Waals surface area contributed by atoms with Crippen LogP contribution in [0.5, 0.6) is 0 Å². The fourth-order valence-corrected chi connectivity index (χ4v) is 3.61. The molecular weight excluding hydrogens is 360 g/mol. The topological polar surface area (TPSA) is 73.0 Å². The van der Waals surface area contributed by atoms with Gasteiger partial charge in [-0.3, -0.25) is 9.36 Å². The molecule has 7 heteroatoms. The predicted molar refractivity (Wildman–Crippen MR) is 106 cm³/mol. The van der Waals surface area contributed by atoms with Crippen molar-refractivity contribution in [3.05, 3.63) is 60.9 Å². The third kappa shape index (κ3) is 4.14. The maximum atomic E-state index is 12.3. The van der Waals surface area contributed by atoms with E-state index in [0.29, 0.717) is 29.2 Å². The fourth-order valence-electron chi connectivity index (χ4n) is 2.86. The van der Waals surface area contributed by atoms with Crippen LogP contribution in [0.2, 0.25) is 0 Å². The molecule has 2 aromatic heterocycles. The Bertz CT molecular complexity index is 928. The van der Waals surface area contributed by atoms with Gasteiger partial charge in [-0.05, 0) is 48.6 Å². The zero-order valence-electron chi connectivity index (χ0n) is 14.8. The maximum absolute atomic E-state index is 12.3. The van der Waals surface area contributed by atoms with Gasteiger partial charge in [-0.2, -0.15) is 0 Å². The van der Waals surface area contributed by atoms with E-state index in [0.717, 1.165) is 5.69 Å². The van der Waals surface area contributed by atoms with Gasteiger partial charge < -0.3 is 9.73 Å². The van der Waals surface area contributed by atoms with Gasteiger partial charge in [0, 0.05) is 12.2 Å². The van der Waals surface area contributed by atoms with Crippen molar-refractivity contribution in [2.45, 2.75) is 30.5 Å². The van der Waals surface area contributed by atoms with E-state index >= 15 is 0 Å². The molecule has 1 aliphatic carbocycles. The van der Waals surface area contributed by atoms with Crippen LogP contribution in [0.25, 0.3) is 11.6 Å². The smallest absolute Gasteiger partial charge is 0.234 e. The average molecular weight is 380 g/mol. The summed E-state index contributed by atoms with van der Waals surface area (Å²) in [6, 6.07) is 11.7. The monoisotopic (exact) mass is 380 g/mol. The van der Waals surface area contributed by atoms with E-state index in [1.165, 1.54) is 30.2 Å². The maximum Gasteiger partial charge on any atom is 0.234 e. The third-order valence-corrected chi connectivity index (χ3v) is 5.31. The Kier molecular flexibility index (Phi) is 5.11. The van der Waals surface area contributed by atoms with Crippen LogP contribution < -0.4 is 5.32 Å². The number of allylic oxidation sites excluding steroid dienone is 1. The van der Waals surface area contributed by atoms with Crippen molar-refractivity contribution in [2.75, 3.05) is 11.1 Å². The number of carbonyl (C=O) groups is 1. The first-order valence-electron chi connectivity index (χ1n) is 8.85. The SMILES string of the molecule is C=CCn1c(SCC(=O)Nc2ccc(C3CC3)cc2)nnc1-c1ccco1. The molecule has 1 aliphatic rings. The van der Waals surface area contributed by atoms with Crippen LogP contribution in [0.3, 0.4) is 0 Å². The third-order valence-electron chi connectivity index (χ3n) is 4.35. The van der Waals surface area contributed by atoms with Crippen molar-refractivity contribution in [3.8, 4) is 11.6 Å². The lowest BCUT2D eigenvalue weighted by molar-refractivity contribution is -0.113. The second-order valence-electron chi connectivity index (χ2n) is 6.42. The summed E-state index contributed by atoms with van der Waals surface area (Å²) < 4.78 is 7.29. The molecule has 0 aliphatic heterocycles. The molecule has 138 valence electrons. The summed E-state index contributed by atoms with van der Waals surface area (Å²) in [7, 11) is 0. The second-order valence-corrected chi connectivity index (χ2v) is 7.36. The molecule has 2 heterocycles. The van der Waals surface area contributed by atoms with Gasteiger partial charge >= 0.3 is 0 Å². The van der Waals surface area contributed by atoms with Gasteiger partial charge in [0.25, 0.3) is 0 Å². The van der Waals surface area contributed by atoms with E-state index in [1.54, 1.807) is 18.4 Å². The molecule has 27 heavy (non-hydrogen) atoms. The van der Waals surface area contributed by atoms with Crippen molar-refractivity contribution < 1.29 is 9.21 Å². The summed E-state index contributed by atoms with van der Waals surface area (Å²) >= 11 is 1.34. The highest BCUT2D eigenvalue weighted by atomic mass is 32.2. The molecule has 0 bridgehead atoms. The molecule has 0 unspecified atom stereocenters. The quantitative estimate of drug-likeness (QED) is 0.465. The number of anilines is 1. The number of benzene rings is 1. The van der Waals surface area contributed by atoms with Crippen molar-refractivity contribution in [1.29, 1.82) is 0 Å². The molecule has 1 aromatic carbocycles. The minimum absolute atomic E-state index is 0.0770. The zero-order valence-corrected chi connectivity index (χ0v) is 15.6. The van der Waals surface area contributed by atoms with Gasteiger partial charge in [-0.15, -0.1) is 16.8 Å². The summed E-state index contributed by atoms with van der Waals surface area (Å²) in [6.45, 7) is 4.32. The van der Waals surface area contributed by atoms with Crippen molar-refractivity contribution in [2.24, 2.45) is 0 Å². The number of thioether (sulfide) groups is 1. The second kappa shape index (κ2) is 7.84. The first-order chi connectivity index (χ1) is 13.2. The van der Waals surface area contributed by atoms with E-state index in [2.05, 4.69) is 34.2 Å². The highest BCUT2D eigenvalue weighted by Crippen LogP contribution is 2.40. The lowest BCUT2D eigenvalue weighted by Gasteiger charge is -2.07. The summed E-state index contributed by atoms with van der Waals surface area (Å²) in [4.78, 5) is 12.3. The van der Waals surface area contributed by atoms with Crippen LogP contribution in [-0.2, 0) is 11.3 Å². The molecule has 1 saturated carbocycles. The van der Waals surface area contributed by atoms with Gasteiger partial charge in [0.05, 0.1) is 12.0 Å². The van der Waals surface area contributed by atoms with Gasteiger partial charge in [0.2, 0.25) is 11.7 Å². The molecule has 1 fully saturated rings. The Morgan fingerprint density at radius 2 is 2.11 bits per heavy atom. The molecule has 0 saturated heterocycles. The number of furan rings is 1. The molecule has 1 amide bonds. The van der Waals surface area contributed by atoms with Crippen LogP contribution in [0.15, 0.2) is 64.9 Å². The highest BCUT2D eigenvalue weighted by Gasteiger charge is 2.23. The minimum atomic E-state index is -0.0770. The summed E-state index contributed by atoms with van der Waals surface area (Å²) in [5.74, 6) is 2.14. The number of nitrogens with zero attached hydrogens (tertiary/aromatic N) is 3. The minimum Gasteiger partial charge on any atom is -0.461 e. The van der Waals surface area contributed by atoms with Crippen LogP contribution in [0.4, 0.5) is 5.69 Å². The van der Waals surface area contributed by atoms with Gasteiger partial charge in [-0.1, -0.05) is 30.0 Å². The first-order valence-corrected chi connectivity index (χ1v) is 9.83. The molecule has 4 rings (SSSR count). The van der Waals surface area contributed by atoms with E-state index in [1.807, 2.05) is 22.8 Å². The molecule has 0 spiro atoms. The van der Waals surface area contributed by atoms with Crippen molar-refractivity contribution in [1.82, 2.24) is 14.8 Å². The molecule has 3 aromatic rings. The normalized spacial score (nSPS) is 13.5. The highest BCUT2D eigenvalue weighted by molar-refractivity contribution is 7.99. The number of hydrogen-bond acceptors (Lipinski definition) is 5. The number of rotatable bonds is 8. The summed E-state index contributed by atoms with van der Waals surface area (Å²) in [5, 5.41) is 12.0. The Balaban J connectivity index is 1.39. The largest absolute Gasteiger partial charge is 0.461 e. The molecule has 0 radical (unpaired) electrons. The summed E-state index contributed by atoms with van der Waals surface area (Å²) in [6.07, 6.45) is 5.90. The molecule has 6 nitrogen and oxygen atoms in total. The van der Waals surface area contributed by atoms with Gasteiger partial charge in [0.15, 0.2) is 10.9 Å². The zero-order chi connectivity index (χ0) is 18.6. The molecule has 0 atom stereocenters. The van der Waals surface area contributed by atoms with Crippen LogP contribution in [0.1, 0.15) is 24.3 Å². The lowest BCUT2D eigenvalue weighted by Crippen LogP contribution is -2.14. The summed E-state index contributed by atoms with van der Waals surface area (Å²) in [5.41, 5.74) is 2.17. The number of nitrogens with one attached hydrogen (secondary N) is 1. The molecule has 1 N–H and O–H groups in total. The van der Waals surface area contributed by atoms with Gasteiger partial charge in [-0.25, -0.2) is 0 Å². The van der Waals surface area contributed by atoms with E-state index in [9.17, 15) is 4.79 Å². The van der Waals surface area contributed by atoms with Crippen molar-refractivity contribution in [3.63, 3.8) is 0 Å².